The van der Waals surface area contributed by atoms with E-state index in [1.165, 1.54) is 0 Å². The first-order valence-corrected chi connectivity index (χ1v) is 6.95. The highest BCUT2D eigenvalue weighted by Gasteiger charge is 2.35. The third-order valence-corrected chi connectivity index (χ3v) is 3.13. The van der Waals surface area contributed by atoms with Crippen LogP contribution >= 0.6 is 0 Å². The number of amides is 2. The Bertz CT molecular complexity index is 446. The highest BCUT2D eigenvalue weighted by molar-refractivity contribution is 5.87. The van der Waals surface area contributed by atoms with Gasteiger partial charge in [-0.1, -0.05) is 38.3 Å². The Hall–Kier alpha value is -1.73. The van der Waals surface area contributed by atoms with Crippen LogP contribution in [0.1, 0.15) is 45.2 Å². The molecule has 120 valence electrons. The summed E-state index contributed by atoms with van der Waals surface area (Å²) in [6.45, 7) is 4.60. The van der Waals surface area contributed by atoms with Gasteiger partial charge in [0.05, 0.1) is 0 Å². The lowest BCUT2D eigenvalue weighted by molar-refractivity contribution is -0.142. The minimum absolute atomic E-state index is 0.332. The molecule has 0 radical (unpaired) electrons. The smallest absolute Gasteiger partial charge is 0.338 e. The zero-order valence-corrected chi connectivity index (χ0v) is 12.1. The Morgan fingerprint density at radius 2 is 2.14 bits per heavy atom. The molecule has 21 heavy (non-hydrogen) atoms. The zero-order valence-electron chi connectivity index (χ0n) is 12.1. The fourth-order valence-electron chi connectivity index (χ4n) is 1.80. The number of unbranched alkanes of at least 4 members (excludes halogenated alkanes) is 1. The molecule has 0 saturated carbocycles. The molecule has 5 nitrogen and oxygen atoms in total. The molecule has 1 aromatic rings. The van der Waals surface area contributed by atoms with Crippen molar-refractivity contribution in [1.29, 1.82) is 0 Å². The lowest BCUT2D eigenvalue weighted by atomic mass is 9.99. The summed E-state index contributed by atoms with van der Waals surface area (Å²) < 4.78 is 41.3. The predicted molar refractivity (Wildman–Crippen MR) is 71.8 cm³/mol. The van der Waals surface area contributed by atoms with Crippen molar-refractivity contribution in [3.8, 4) is 0 Å². The van der Waals surface area contributed by atoms with Crippen LogP contribution in [0, 0.1) is 5.92 Å². The van der Waals surface area contributed by atoms with Gasteiger partial charge in [0.1, 0.15) is 0 Å². The van der Waals surface area contributed by atoms with E-state index >= 15 is 0 Å². The van der Waals surface area contributed by atoms with Crippen LogP contribution in [0.25, 0.3) is 0 Å². The van der Waals surface area contributed by atoms with Crippen LogP contribution in [-0.2, 0) is 6.18 Å². The second-order valence-electron chi connectivity index (χ2n) is 4.83. The molecule has 0 aromatic carbocycles. The average Bonchev–Trinajstić information content (AvgIpc) is 2.87. The molecule has 1 unspecified atom stereocenters. The van der Waals surface area contributed by atoms with E-state index < -0.39 is 17.9 Å². The number of hydrogen-bond donors (Lipinski definition) is 2. The van der Waals surface area contributed by atoms with E-state index in [-0.39, 0.29) is 5.88 Å². The number of urea groups is 1. The maximum absolute atomic E-state index is 12.3. The van der Waals surface area contributed by atoms with Gasteiger partial charge in [0, 0.05) is 12.6 Å². The summed E-state index contributed by atoms with van der Waals surface area (Å²) in [7, 11) is 0. The summed E-state index contributed by atoms with van der Waals surface area (Å²) in [5.74, 6) is 0.0255. The second-order valence-corrected chi connectivity index (χ2v) is 4.83. The van der Waals surface area contributed by atoms with Crippen LogP contribution in [0.3, 0.4) is 0 Å². The third-order valence-electron chi connectivity index (χ3n) is 3.13. The number of nitrogens with zero attached hydrogens (tertiary/aromatic N) is 1. The number of alkyl halides is 3. The van der Waals surface area contributed by atoms with Crippen molar-refractivity contribution in [2.75, 3.05) is 11.9 Å². The number of halogens is 3. The summed E-state index contributed by atoms with van der Waals surface area (Å²) in [4.78, 5) is 11.6. The Kier molecular flexibility index (Phi) is 6.51. The molecule has 2 N–H and O–H groups in total. The van der Waals surface area contributed by atoms with E-state index in [1.54, 1.807) is 0 Å². The van der Waals surface area contributed by atoms with Crippen LogP contribution in [-0.4, -0.2) is 17.7 Å². The van der Waals surface area contributed by atoms with Crippen molar-refractivity contribution in [2.24, 2.45) is 5.92 Å². The van der Waals surface area contributed by atoms with Crippen LogP contribution in [0.4, 0.5) is 23.8 Å². The molecule has 1 aromatic heterocycles. The number of rotatable bonds is 7. The zero-order chi connectivity index (χ0) is 15.9. The summed E-state index contributed by atoms with van der Waals surface area (Å²) in [6, 6.07) is 0.0448. The van der Waals surface area contributed by atoms with Crippen LogP contribution in [0.5, 0.6) is 0 Å². The Morgan fingerprint density at radius 3 is 2.67 bits per heavy atom. The van der Waals surface area contributed by atoms with Gasteiger partial charge < -0.3 is 9.84 Å². The molecule has 1 heterocycles. The largest absolute Gasteiger partial charge is 0.436 e. The first-order valence-electron chi connectivity index (χ1n) is 6.95. The van der Waals surface area contributed by atoms with Gasteiger partial charge in [-0.15, -0.1) is 0 Å². The lowest BCUT2D eigenvalue weighted by Gasteiger charge is -2.14. The average molecular weight is 307 g/mol. The van der Waals surface area contributed by atoms with Gasteiger partial charge in [-0.05, 0) is 12.3 Å². The van der Waals surface area contributed by atoms with Crippen molar-refractivity contribution < 1.29 is 22.5 Å². The standard InChI is InChI=1S/C13H20F3N3O2/c1-3-5-6-9(4-2)8-17-12(20)18-11-7-10(19-21-11)13(14,15)16/h7,9H,3-6,8H2,1-2H3,(H2,17,18,20). The number of carbonyl (C=O) groups excluding carboxylic acids is 1. The van der Waals surface area contributed by atoms with Crippen molar-refractivity contribution >= 4 is 11.9 Å². The van der Waals surface area contributed by atoms with Gasteiger partial charge in [-0.2, -0.15) is 13.2 Å². The number of nitrogens with one attached hydrogen (secondary N) is 2. The third kappa shape index (κ3) is 6.05. The Morgan fingerprint density at radius 1 is 1.43 bits per heavy atom. The van der Waals surface area contributed by atoms with E-state index in [0.717, 1.165) is 25.7 Å². The maximum Gasteiger partial charge on any atom is 0.436 e. The fraction of sp³-hybridized carbons (Fsp3) is 0.692. The molecule has 0 aliphatic carbocycles. The second kappa shape index (κ2) is 7.90. The highest BCUT2D eigenvalue weighted by Crippen LogP contribution is 2.29. The first kappa shape index (κ1) is 17.3. The number of hydrogen-bond acceptors (Lipinski definition) is 3. The topological polar surface area (TPSA) is 67.2 Å². The molecule has 2 amide bonds. The summed E-state index contributed by atoms with van der Waals surface area (Å²) >= 11 is 0. The quantitative estimate of drug-likeness (QED) is 0.799. The molecule has 1 rings (SSSR count). The molecule has 0 aliphatic heterocycles. The van der Waals surface area contributed by atoms with E-state index in [2.05, 4.69) is 27.2 Å². The van der Waals surface area contributed by atoms with E-state index in [9.17, 15) is 18.0 Å². The number of anilines is 1. The summed E-state index contributed by atoms with van der Waals surface area (Å²) in [6.07, 6.45) is -0.484. The molecule has 0 aliphatic rings. The van der Waals surface area contributed by atoms with Crippen molar-refractivity contribution in [1.82, 2.24) is 10.5 Å². The van der Waals surface area contributed by atoms with Crippen molar-refractivity contribution in [3.63, 3.8) is 0 Å². The maximum atomic E-state index is 12.3. The first-order chi connectivity index (χ1) is 9.86. The predicted octanol–water partition coefficient (Wildman–Crippen LogP) is 4.03. The van der Waals surface area contributed by atoms with E-state index in [0.29, 0.717) is 18.5 Å². The summed E-state index contributed by atoms with van der Waals surface area (Å²) in [5, 5.41) is 7.66. The highest BCUT2D eigenvalue weighted by atomic mass is 19.4. The Balaban J connectivity index is 2.41. The lowest BCUT2D eigenvalue weighted by Crippen LogP contribution is -2.32. The molecular weight excluding hydrogens is 287 g/mol. The molecule has 1 atom stereocenters. The van der Waals surface area contributed by atoms with E-state index in [4.69, 9.17) is 0 Å². The van der Waals surface area contributed by atoms with Gasteiger partial charge in [-0.3, -0.25) is 5.32 Å². The normalized spacial score (nSPS) is 13.0. The van der Waals surface area contributed by atoms with E-state index in [1.807, 2.05) is 6.92 Å². The molecule has 0 bridgehead atoms. The molecule has 0 spiro atoms. The number of carbonyl (C=O) groups is 1. The Labute approximate surface area is 121 Å². The fourth-order valence-corrected chi connectivity index (χ4v) is 1.80. The van der Waals surface area contributed by atoms with Crippen LogP contribution in [0.2, 0.25) is 0 Å². The van der Waals surface area contributed by atoms with Gasteiger partial charge in [0.25, 0.3) is 0 Å². The number of aromatic nitrogens is 1. The molecular formula is C13H20F3N3O2. The van der Waals surface area contributed by atoms with Crippen LogP contribution < -0.4 is 10.6 Å². The molecule has 0 fully saturated rings. The van der Waals surface area contributed by atoms with Gasteiger partial charge >= 0.3 is 12.2 Å². The molecule has 8 heteroatoms. The monoisotopic (exact) mass is 307 g/mol. The van der Waals surface area contributed by atoms with Crippen LogP contribution in [0.15, 0.2) is 10.6 Å². The van der Waals surface area contributed by atoms with Crippen molar-refractivity contribution in [3.05, 3.63) is 11.8 Å². The minimum atomic E-state index is -4.59. The summed E-state index contributed by atoms with van der Waals surface area (Å²) in [5.41, 5.74) is -1.17. The molecule has 0 saturated heterocycles. The SMILES string of the molecule is CCCCC(CC)CNC(=O)Nc1cc(C(F)(F)F)no1. The van der Waals surface area contributed by atoms with Gasteiger partial charge in [0.15, 0.2) is 5.69 Å². The van der Waals surface area contributed by atoms with Gasteiger partial charge in [-0.25, -0.2) is 4.79 Å². The minimum Gasteiger partial charge on any atom is -0.338 e. The van der Waals surface area contributed by atoms with Crippen molar-refractivity contribution in [2.45, 2.75) is 45.7 Å². The van der Waals surface area contributed by atoms with Gasteiger partial charge in [0.2, 0.25) is 5.88 Å².